The molecular weight excluding hydrogens is 294 g/mol. The second-order valence-corrected chi connectivity index (χ2v) is 5.13. The number of methoxy groups -OCH3 is 2. The Morgan fingerprint density at radius 3 is 2.52 bits per heavy atom. The van der Waals surface area contributed by atoms with Gasteiger partial charge in [0.05, 0.1) is 19.8 Å². The van der Waals surface area contributed by atoms with E-state index in [0.717, 1.165) is 16.7 Å². The zero-order valence-electron chi connectivity index (χ0n) is 13.0. The molecule has 2 aromatic carbocycles. The molecule has 0 saturated carbocycles. The SMILES string of the molecule is COc1cc2c(cc1OC)/C(=C/c1ccccc1N)C(=O)OC2. The van der Waals surface area contributed by atoms with E-state index in [9.17, 15) is 4.79 Å². The summed E-state index contributed by atoms with van der Waals surface area (Å²) in [5.74, 6) is 0.781. The minimum atomic E-state index is -0.382. The van der Waals surface area contributed by atoms with E-state index < -0.39 is 0 Å². The number of esters is 1. The summed E-state index contributed by atoms with van der Waals surface area (Å²) in [5, 5.41) is 0. The third kappa shape index (κ3) is 2.73. The van der Waals surface area contributed by atoms with Gasteiger partial charge in [0, 0.05) is 11.3 Å². The van der Waals surface area contributed by atoms with E-state index >= 15 is 0 Å². The number of carbonyl (C=O) groups excluding carboxylic acids is 1. The monoisotopic (exact) mass is 311 g/mol. The molecule has 0 aliphatic carbocycles. The molecule has 0 bridgehead atoms. The Labute approximate surface area is 134 Å². The predicted molar refractivity (Wildman–Crippen MR) is 88.1 cm³/mol. The molecule has 0 unspecified atom stereocenters. The topological polar surface area (TPSA) is 70.8 Å². The number of hydrogen-bond acceptors (Lipinski definition) is 5. The molecule has 0 spiro atoms. The summed E-state index contributed by atoms with van der Waals surface area (Å²) in [7, 11) is 3.13. The first kappa shape index (κ1) is 15.0. The van der Waals surface area contributed by atoms with E-state index in [4.69, 9.17) is 19.9 Å². The van der Waals surface area contributed by atoms with E-state index in [-0.39, 0.29) is 12.6 Å². The summed E-state index contributed by atoms with van der Waals surface area (Å²) in [6.45, 7) is 0.204. The van der Waals surface area contributed by atoms with Gasteiger partial charge in [-0.15, -0.1) is 0 Å². The largest absolute Gasteiger partial charge is 0.493 e. The molecule has 5 heteroatoms. The molecule has 5 nitrogen and oxygen atoms in total. The van der Waals surface area contributed by atoms with Gasteiger partial charge in [0.15, 0.2) is 11.5 Å². The zero-order chi connectivity index (χ0) is 16.4. The lowest BCUT2D eigenvalue weighted by molar-refractivity contribution is -0.138. The molecule has 2 aromatic rings. The highest BCUT2D eigenvalue weighted by atomic mass is 16.5. The Bertz CT molecular complexity index is 796. The van der Waals surface area contributed by atoms with Crippen LogP contribution in [0.25, 0.3) is 11.6 Å². The van der Waals surface area contributed by atoms with Crippen molar-refractivity contribution in [3.8, 4) is 11.5 Å². The van der Waals surface area contributed by atoms with Crippen molar-refractivity contribution in [2.75, 3.05) is 20.0 Å². The summed E-state index contributed by atoms with van der Waals surface area (Å²) in [6.07, 6.45) is 1.74. The van der Waals surface area contributed by atoms with Crippen LogP contribution >= 0.6 is 0 Å². The van der Waals surface area contributed by atoms with E-state index in [1.165, 1.54) is 0 Å². The van der Waals surface area contributed by atoms with Crippen molar-refractivity contribution in [1.82, 2.24) is 0 Å². The number of benzene rings is 2. The molecule has 0 aromatic heterocycles. The van der Waals surface area contributed by atoms with Crippen LogP contribution in [0.1, 0.15) is 16.7 Å². The lowest BCUT2D eigenvalue weighted by atomic mass is 9.95. The van der Waals surface area contributed by atoms with Gasteiger partial charge in [-0.1, -0.05) is 18.2 Å². The van der Waals surface area contributed by atoms with Gasteiger partial charge in [-0.05, 0) is 35.4 Å². The van der Waals surface area contributed by atoms with Gasteiger partial charge in [-0.3, -0.25) is 0 Å². The lowest BCUT2D eigenvalue weighted by Gasteiger charge is -2.21. The number of para-hydroxylation sites is 1. The van der Waals surface area contributed by atoms with Crippen LogP contribution in [0.3, 0.4) is 0 Å². The van der Waals surface area contributed by atoms with Crippen LogP contribution in [-0.4, -0.2) is 20.2 Å². The second kappa shape index (κ2) is 6.04. The molecule has 0 atom stereocenters. The summed E-state index contributed by atoms with van der Waals surface area (Å²) in [6, 6.07) is 11.0. The first-order valence-corrected chi connectivity index (χ1v) is 7.12. The number of rotatable bonds is 3. The van der Waals surface area contributed by atoms with Gasteiger partial charge in [0.1, 0.15) is 6.61 Å². The minimum absolute atomic E-state index is 0.204. The Kier molecular flexibility index (Phi) is 3.93. The highest BCUT2D eigenvalue weighted by Crippen LogP contribution is 2.37. The van der Waals surface area contributed by atoms with Crippen molar-refractivity contribution in [1.29, 1.82) is 0 Å². The molecule has 118 valence electrons. The Morgan fingerprint density at radius 2 is 1.83 bits per heavy atom. The van der Waals surface area contributed by atoms with Gasteiger partial charge in [-0.2, -0.15) is 0 Å². The van der Waals surface area contributed by atoms with Crippen LogP contribution in [-0.2, 0) is 16.1 Å². The van der Waals surface area contributed by atoms with E-state index in [1.54, 1.807) is 32.4 Å². The van der Waals surface area contributed by atoms with E-state index in [0.29, 0.717) is 22.8 Å². The number of cyclic esters (lactones) is 1. The smallest absolute Gasteiger partial charge is 0.339 e. The van der Waals surface area contributed by atoms with Crippen LogP contribution in [0.5, 0.6) is 11.5 Å². The maximum absolute atomic E-state index is 12.2. The maximum atomic E-state index is 12.2. The number of nitrogens with two attached hydrogens (primary N) is 1. The molecule has 0 amide bonds. The molecule has 2 N–H and O–H groups in total. The predicted octanol–water partition coefficient (Wildman–Crippen LogP) is 2.88. The number of nitrogen functional groups attached to an aromatic ring is 1. The quantitative estimate of drug-likeness (QED) is 0.536. The van der Waals surface area contributed by atoms with E-state index in [2.05, 4.69) is 0 Å². The van der Waals surface area contributed by atoms with Gasteiger partial charge in [0.2, 0.25) is 0 Å². The van der Waals surface area contributed by atoms with Crippen LogP contribution in [0.15, 0.2) is 36.4 Å². The number of carbonyl (C=O) groups is 1. The standard InChI is InChI=1S/C18H17NO4/c1-21-16-8-12-10-23-18(20)14(13(12)9-17(16)22-2)7-11-5-3-4-6-15(11)19/h3-9H,10,19H2,1-2H3/b14-7-. The number of hydrogen-bond donors (Lipinski definition) is 1. The van der Waals surface area contributed by atoms with Crippen LogP contribution in [0, 0.1) is 0 Å². The van der Waals surface area contributed by atoms with Crippen molar-refractivity contribution in [3.05, 3.63) is 53.1 Å². The normalized spacial score (nSPS) is 15.0. The average molecular weight is 311 g/mol. The summed E-state index contributed by atoms with van der Waals surface area (Å²) in [5.41, 5.74) is 9.41. The Hall–Kier alpha value is -2.95. The maximum Gasteiger partial charge on any atom is 0.339 e. The minimum Gasteiger partial charge on any atom is -0.493 e. The fraction of sp³-hybridized carbons (Fsp3) is 0.167. The summed E-state index contributed by atoms with van der Waals surface area (Å²) < 4.78 is 15.9. The molecule has 1 heterocycles. The van der Waals surface area contributed by atoms with E-state index in [1.807, 2.05) is 24.3 Å². The van der Waals surface area contributed by atoms with Gasteiger partial charge in [-0.25, -0.2) is 4.79 Å². The molecule has 23 heavy (non-hydrogen) atoms. The Balaban J connectivity index is 2.17. The first-order chi connectivity index (χ1) is 11.1. The zero-order valence-corrected chi connectivity index (χ0v) is 13.0. The van der Waals surface area contributed by atoms with Crippen molar-refractivity contribution in [3.63, 3.8) is 0 Å². The van der Waals surface area contributed by atoms with Crippen molar-refractivity contribution < 1.29 is 19.0 Å². The third-order valence-electron chi connectivity index (χ3n) is 3.77. The molecular formula is C18H17NO4. The number of fused-ring (bicyclic) bond motifs is 1. The fourth-order valence-corrected chi connectivity index (χ4v) is 2.56. The van der Waals surface area contributed by atoms with Crippen LogP contribution in [0.2, 0.25) is 0 Å². The molecule has 0 saturated heterocycles. The van der Waals surface area contributed by atoms with Crippen LogP contribution < -0.4 is 15.2 Å². The van der Waals surface area contributed by atoms with Crippen molar-refractivity contribution >= 4 is 23.3 Å². The van der Waals surface area contributed by atoms with Crippen molar-refractivity contribution in [2.45, 2.75) is 6.61 Å². The van der Waals surface area contributed by atoms with Crippen molar-refractivity contribution in [2.24, 2.45) is 0 Å². The summed E-state index contributed by atoms with van der Waals surface area (Å²) >= 11 is 0. The first-order valence-electron chi connectivity index (χ1n) is 7.12. The van der Waals surface area contributed by atoms with Gasteiger partial charge in [0.25, 0.3) is 0 Å². The third-order valence-corrected chi connectivity index (χ3v) is 3.77. The fourth-order valence-electron chi connectivity index (χ4n) is 2.56. The highest BCUT2D eigenvalue weighted by Gasteiger charge is 2.25. The van der Waals surface area contributed by atoms with Gasteiger partial charge >= 0.3 is 5.97 Å². The Morgan fingerprint density at radius 1 is 1.13 bits per heavy atom. The summed E-state index contributed by atoms with van der Waals surface area (Å²) in [4.78, 5) is 12.2. The average Bonchev–Trinajstić information content (AvgIpc) is 2.58. The number of ether oxygens (including phenoxy) is 3. The van der Waals surface area contributed by atoms with Crippen LogP contribution in [0.4, 0.5) is 5.69 Å². The second-order valence-electron chi connectivity index (χ2n) is 5.13. The highest BCUT2D eigenvalue weighted by molar-refractivity contribution is 6.23. The molecule has 1 aliphatic heterocycles. The van der Waals surface area contributed by atoms with Gasteiger partial charge < -0.3 is 19.9 Å². The molecule has 0 radical (unpaired) electrons. The molecule has 1 aliphatic rings. The lowest BCUT2D eigenvalue weighted by Crippen LogP contribution is -2.16. The molecule has 0 fully saturated rings. The molecule has 3 rings (SSSR count). The number of anilines is 1.